The number of thioether (sulfide) groups is 2. The first-order valence-corrected chi connectivity index (χ1v) is 7.86. The zero-order valence-electron chi connectivity index (χ0n) is 9.20. The van der Waals surface area contributed by atoms with Gasteiger partial charge in [-0.3, -0.25) is 4.79 Å². The van der Waals surface area contributed by atoms with E-state index in [0.717, 1.165) is 31.6 Å². The molecule has 2 aliphatic rings. The Hall–Kier alpha value is -0.340. The molecule has 0 aromatic rings. The summed E-state index contributed by atoms with van der Waals surface area (Å²) in [6, 6.07) is 2.18. The monoisotopic (exact) mass is 256 g/mol. The maximum atomic E-state index is 11.9. The van der Waals surface area contributed by atoms with Crippen molar-refractivity contribution in [2.75, 3.05) is 23.8 Å². The topological polar surface area (TPSA) is 52.9 Å². The fourth-order valence-corrected chi connectivity index (χ4v) is 4.56. The third kappa shape index (κ3) is 2.49. The van der Waals surface area contributed by atoms with E-state index in [-0.39, 0.29) is 5.91 Å². The van der Waals surface area contributed by atoms with E-state index in [9.17, 15) is 4.79 Å². The van der Waals surface area contributed by atoms with Gasteiger partial charge in [-0.05, 0) is 19.3 Å². The maximum Gasteiger partial charge on any atom is 0.240 e. The second-order valence-electron chi connectivity index (χ2n) is 4.33. The molecule has 1 aliphatic carbocycles. The van der Waals surface area contributed by atoms with Gasteiger partial charge in [-0.1, -0.05) is 0 Å². The van der Waals surface area contributed by atoms with Crippen molar-refractivity contribution in [2.45, 2.75) is 24.5 Å². The Morgan fingerprint density at radius 2 is 2.31 bits per heavy atom. The average molecular weight is 256 g/mol. The van der Waals surface area contributed by atoms with Crippen LogP contribution in [0.1, 0.15) is 19.3 Å². The summed E-state index contributed by atoms with van der Waals surface area (Å²) < 4.78 is 0. The molecule has 0 bridgehead atoms. The van der Waals surface area contributed by atoms with Gasteiger partial charge in [0.25, 0.3) is 0 Å². The van der Waals surface area contributed by atoms with Crippen LogP contribution in [-0.4, -0.2) is 35.0 Å². The van der Waals surface area contributed by atoms with Gasteiger partial charge in [0.2, 0.25) is 5.91 Å². The van der Waals surface area contributed by atoms with Crippen molar-refractivity contribution in [1.29, 1.82) is 5.26 Å². The van der Waals surface area contributed by atoms with Crippen LogP contribution < -0.4 is 5.32 Å². The predicted octanol–water partition coefficient (Wildman–Crippen LogP) is 1.65. The van der Waals surface area contributed by atoms with Gasteiger partial charge < -0.3 is 5.32 Å². The molecule has 0 aromatic carbocycles. The number of amides is 1. The third-order valence-electron chi connectivity index (χ3n) is 3.23. The third-order valence-corrected chi connectivity index (χ3v) is 6.08. The van der Waals surface area contributed by atoms with Crippen LogP contribution in [0.15, 0.2) is 0 Å². The summed E-state index contributed by atoms with van der Waals surface area (Å²) in [5.41, 5.74) is -0.688. The molecule has 2 fully saturated rings. The molecule has 2 rings (SSSR count). The lowest BCUT2D eigenvalue weighted by Crippen LogP contribution is -2.46. The van der Waals surface area contributed by atoms with Crippen molar-refractivity contribution in [3.8, 4) is 6.07 Å². The number of hydrogen-bond donors (Lipinski definition) is 1. The molecule has 0 radical (unpaired) electrons. The standard InChI is InChI=1S/C11H16N2OS2/c12-8-11(2-1-3-11)10(14)13-6-9-7-15-4-5-16-9/h9H,1-7H2,(H,13,14). The number of hydrogen-bond acceptors (Lipinski definition) is 4. The first-order chi connectivity index (χ1) is 7.77. The molecular weight excluding hydrogens is 240 g/mol. The second-order valence-corrected chi connectivity index (χ2v) is 6.88. The predicted molar refractivity (Wildman–Crippen MR) is 68.5 cm³/mol. The molecule has 0 spiro atoms. The zero-order valence-corrected chi connectivity index (χ0v) is 10.8. The molecule has 1 N–H and O–H groups in total. The lowest BCUT2D eigenvalue weighted by atomic mass is 9.69. The van der Waals surface area contributed by atoms with Crippen LogP contribution in [0.5, 0.6) is 0 Å². The van der Waals surface area contributed by atoms with Crippen molar-refractivity contribution < 1.29 is 4.79 Å². The summed E-state index contributed by atoms with van der Waals surface area (Å²) >= 11 is 3.88. The second kappa shape index (κ2) is 5.33. The highest BCUT2D eigenvalue weighted by molar-refractivity contribution is 8.06. The molecule has 1 amide bonds. The molecule has 0 aromatic heterocycles. The quantitative estimate of drug-likeness (QED) is 0.834. The summed E-state index contributed by atoms with van der Waals surface area (Å²) in [6.45, 7) is 0.722. The van der Waals surface area contributed by atoms with Crippen LogP contribution in [0.3, 0.4) is 0 Å². The summed E-state index contributed by atoms with van der Waals surface area (Å²) in [5, 5.41) is 12.5. The van der Waals surface area contributed by atoms with Crippen LogP contribution in [0.4, 0.5) is 0 Å². The Morgan fingerprint density at radius 1 is 1.50 bits per heavy atom. The van der Waals surface area contributed by atoms with Crippen LogP contribution >= 0.6 is 23.5 Å². The molecule has 16 heavy (non-hydrogen) atoms. The number of nitrogens with one attached hydrogen (secondary N) is 1. The number of carbonyl (C=O) groups is 1. The smallest absolute Gasteiger partial charge is 0.240 e. The highest BCUT2D eigenvalue weighted by atomic mass is 32.2. The molecule has 1 atom stereocenters. The van der Waals surface area contributed by atoms with Gasteiger partial charge in [0, 0.05) is 29.1 Å². The van der Waals surface area contributed by atoms with E-state index in [1.807, 2.05) is 23.5 Å². The van der Waals surface area contributed by atoms with E-state index in [1.165, 1.54) is 11.5 Å². The van der Waals surface area contributed by atoms with Gasteiger partial charge in [-0.25, -0.2) is 0 Å². The molecule has 88 valence electrons. The molecule has 1 saturated heterocycles. The molecule has 3 nitrogen and oxygen atoms in total. The molecular formula is C11H16N2OS2. The minimum atomic E-state index is -0.688. The number of rotatable bonds is 3. The van der Waals surface area contributed by atoms with Crippen LogP contribution in [0.2, 0.25) is 0 Å². The van der Waals surface area contributed by atoms with Gasteiger partial charge in [0.1, 0.15) is 5.41 Å². The summed E-state index contributed by atoms with van der Waals surface area (Å²) in [4.78, 5) is 11.9. The minimum Gasteiger partial charge on any atom is -0.354 e. The largest absolute Gasteiger partial charge is 0.354 e. The highest BCUT2D eigenvalue weighted by Crippen LogP contribution is 2.40. The fraction of sp³-hybridized carbons (Fsp3) is 0.818. The van der Waals surface area contributed by atoms with E-state index in [4.69, 9.17) is 5.26 Å². The molecule has 1 unspecified atom stereocenters. The van der Waals surface area contributed by atoms with Gasteiger partial charge >= 0.3 is 0 Å². The average Bonchev–Trinajstić information content (AvgIpc) is 2.27. The fourth-order valence-electron chi connectivity index (χ4n) is 1.95. The Morgan fingerprint density at radius 3 is 2.81 bits per heavy atom. The van der Waals surface area contributed by atoms with Crippen LogP contribution in [0.25, 0.3) is 0 Å². The Bertz CT molecular complexity index is 304. The lowest BCUT2D eigenvalue weighted by Gasteiger charge is -2.34. The molecule has 1 aliphatic heterocycles. The lowest BCUT2D eigenvalue weighted by molar-refractivity contribution is -0.131. The van der Waals surface area contributed by atoms with Crippen molar-refractivity contribution in [3.63, 3.8) is 0 Å². The zero-order chi connectivity index (χ0) is 11.4. The Labute approximate surface area is 105 Å². The van der Waals surface area contributed by atoms with Gasteiger partial charge in [-0.2, -0.15) is 28.8 Å². The van der Waals surface area contributed by atoms with Crippen LogP contribution in [-0.2, 0) is 4.79 Å². The van der Waals surface area contributed by atoms with E-state index in [1.54, 1.807) is 0 Å². The van der Waals surface area contributed by atoms with E-state index in [0.29, 0.717) is 5.25 Å². The summed E-state index contributed by atoms with van der Waals surface area (Å²) in [6.07, 6.45) is 2.48. The van der Waals surface area contributed by atoms with E-state index in [2.05, 4.69) is 11.4 Å². The first-order valence-electron chi connectivity index (χ1n) is 5.66. The van der Waals surface area contributed by atoms with Gasteiger partial charge in [0.15, 0.2) is 0 Å². The van der Waals surface area contributed by atoms with Gasteiger partial charge in [0.05, 0.1) is 6.07 Å². The molecule has 1 heterocycles. The molecule has 5 heteroatoms. The van der Waals surface area contributed by atoms with Crippen molar-refractivity contribution in [1.82, 2.24) is 5.32 Å². The van der Waals surface area contributed by atoms with Crippen molar-refractivity contribution in [3.05, 3.63) is 0 Å². The van der Waals surface area contributed by atoms with E-state index >= 15 is 0 Å². The summed E-state index contributed by atoms with van der Waals surface area (Å²) in [7, 11) is 0. The SMILES string of the molecule is N#CC1(C(=O)NCC2CSCCS2)CCC1. The number of nitriles is 1. The number of carbonyl (C=O) groups excluding carboxylic acids is 1. The normalized spacial score (nSPS) is 27.6. The van der Waals surface area contributed by atoms with Gasteiger partial charge in [-0.15, -0.1) is 0 Å². The van der Waals surface area contributed by atoms with Crippen molar-refractivity contribution >= 4 is 29.4 Å². The Kier molecular flexibility index (Phi) is 4.04. The first kappa shape index (κ1) is 12.1. The number of nitrogens with zero attached hydrogens (tertiary/aromatic N) is 1. The van der Waals surface area contributed by atoms with Crippen LogP contribution in [0, 0.1) is 16.7 Å². The minimum absolute atomic E-state index is 0.0441. The van der Waals surface area contributed by atoms with E-state index < -0.39 is 5.41 Å². The highest BCUT2D eigenvalue weighted by Gasteiger charge is 2.44. The maximum absolute atomic E-state index is 11.9. The van der Waals surface area contributed by atoms with Crippen molar-refractivity contribution in [2.24, 2.45) is 5.41 Å². The molecule has 1 saturated carbocycles. The summed E-state index contributed by atoms with van der Waals surface area (Å²) in [5.74, 6) is 3.47. The Balaban J connectivity index is 1.77.